The lowest BCUT2D eigenvalue weighted by Gasteiger charge is -2.32. The van der Waals surface area contributed by atoms with Crippen molar-refractivity contribution in [3.8, 4) is 0 Å². The third kappa shape index (κ3) is 2.41. The summed E-state index contributed by atoms with van der Waals surface area (Å²) < 4.78 is 18.8. The second-order valence-corrected chi connectivity index (χ2v) is 4.09. The van der Waals surface area contributed by atoms with Gasteiger partial charge in [-0.05, 0) is 24.4 Å². The van der Waals surface area contributed by atoms with E-state index in [1.54, 1.807) is 7.11 Å². The van der Waals surface area contributed by atoms with Crippen LogP contribution in [0.25, 0.3) is 0 Å². The monoisotopic (exact) mass is 245 g/mol. The summed E-state index contributed by atoms with van der Waals surface area (Å²) in [6, 6.07) is 0. The first kappa shape index (κ1) is 11.5. The molecule has 0 spiro atoms. The minimum Gasteiger partial charge on any atom is -0.380 e. The standard InChI is InChI=1S/C10H13ClFN3O/c1-16-7-3-2-4-15(6-7)9-8(12)5-13-10(11)14-9/h5,7H,2-4,6H2,1H3. The average molecular weight is 246 g/mol. The molecular weight excluding hydrogens is 233 g/mol. The highest BCUT2D eigenvalue weighted by Crippen LogP contribution is 2.22. The molecule has 1 aromatic rings. The van der Waals surface area contributed by atoms with Crippen molar-refractivity contribution in [2.24, 2.45) is 0 Å². The zero-order chi connectivity index (χ0) is 11.5. The SMILES string of the molecule is COC1CCCN(c2nc(Cl)ncc2F)C1. The van der Waals surface area contributed by atoms with Crippen molar-refractivity contribution in [1.29, 1.82) is 0 Å². The highest BCUT2D eigenvalue weighted by molar-refractivity contribution is 6.28. The lowest BCUT2D eigenvalue weighted by atomic mass is 10.1. The Balaban J connectivity index is 2.19. The molecule has 1 aliphatic heterocycles. The number of rotatable bonds is 2. The maximum Gasteiger partial charge on any atom is 0.224 e. The van der Waals surface area contributed by atoms with Crippen LogP contribution in [0.15, 0.2) is 6.20 Å². The van der Waals surface area contributed by atoms with Crippen molar-refractivity contribution in [2.45, 2.75) is 18.9 Å². The molecule has 0 aliphatic carbocycles. The molecule has 2 heterocycles. The minimum atomic E-state index is -0.443. The van der Waals surface area contributed by atoms with Crippen LogP contribution in [-0.2, 0) is 4.74 Å². The largest absolute Gasteiger partial charge is 0.380 e. The van der Waals surface area contributed by atoms with Gasteiger partial charge in [0.25, 0.3) is 0 Å². The highest BCUT2D eigenvalue weighted by atomic mass is 35.5. The van der Waals surface area contributed by atoms with Gasteiger partial charge in [0, 0.05) is 20.2 Å². The maximum absolute atomic E-state index is 13.5. The third-order valence-electron chi connectivity index (χ3n) is 2.71. The van der Waals surface area contributed by atoms with Crippen LogP contribution in [0.5, 0.6) is 0 Å². The predicted molar refractivity (Wildman–Crippen MR) is 59.2 cm³/mol. The van der Waals surface area contributed by atoms with Crippen molar-refractivity contribution in [1.82, 2.24) is 9.97 Å². The molecule has 2 rings (SSSR count). The number of methoxy groups -OCH3 is 1. The van der Waals surface area contributed by atoms with Gasteiger partial charge in [-0.3, -0.25) is 0 Å². The molecular formula is C10H13ClFN3O. The Kier molecular flexibility index (Phi) is 3.56. The molecule has 0 radical (unpaired) electrons. The van der Waals surface area contributed by atoms with Gasteiger partial charge in [0.05, 0.1) is 12.3 Å². The van der Waals surface area contributed by atoms with Crippen LogP contribution in [0, 0.1) is 5.82 Å². The fourth-order valence-electron chi connectivity index (χ4n) is 1.88. The number of piperidine rings is 1. The first-order valence-corrected chi connectivity index (χ1v) is 5.54. The molecule has 1 unspecified atom stereocenters. The summed E-state index contributed by atoms with van der Waals surface area (Å²) in [5, 5.41) is 0.0657. The molecule has 0 saturated carbocycles. The number of halogens is 2. The number of ether oxygens (including phenoxy) is 1. The van der Waals surface area contributed by atoms with Gasteiger partial charge in [-0.15, -0.1) is 0 Å². The molecule has 1 aliphatic rings. The topological polar surface area (TPSA) is 38.2 Å². The Morgan fingerprint density at radius 3 is 3.19 bits per heavy atom. The summed E-state index contributed by atoms with van der Waals surface area (Å²) in [5.41, 5.74) is 0. The van der Waals surface area contributed by atoms with Crippen molar-refractivity contribution in [2.75, 3.05) is 25.1 Å². The van der Waals surface area contributed by atoms with Crippen molar-refractivity contribution in [3.05, 3.63) is 17.3 Å². The van der Waals surface area contributed by atoms with Crippen molar-refractivity contribution >= 4 is 17.4 Å². The normalized spacial score (nSPS) is 21.2. The molecule has 6 heteroatoms. The van der Waals surface area contributed by atoms with Crippen LogP contribution < -0.4 is 4.90 Å². The zero-order valence-corrected chi connectivity index (χ0v) is 9.74. The third-order valence-corrected chi connectivity index (χ3v) is 2.89. The first-order valence-electron chi connectivity index (χ1n) is 5.16. The number of hydrogen-bond acceptors (Lipinski definition) is 4. The second kappa shape index (κ2) is 4.93. The molecule has 16 heavy (non-hydrogen) atoms. The van der Waals surface area contributed by atoms with Crippen LogP contribution >= 0.6 is 11.6 Å². The quantitative estimate of drug-likeness (QED) is 0.746. The van der Waals surface area contributed by atoms with E-state index in [0.717, 1.165) is 25.6 Å². The molecule has 1 saturated heterocycles. The van der Waals surface area contributed by atoms with Crippen molar-refractivity contribution < 1.29 is 9.13 Å². The van der Waals surface area contributed by atoms with Gasteiger partial charge in [-0.2, -0.15) is 4.98 Å². The number of anilines is 1. The van der Waals surface area contributed by atoms with Crippen molar-refractivity contribution in [3.63, 3.8) is 0 Å². The Hall–Kier alpha value is -0.940. The van der Waals surface area contributed by atoms with E-state index in [4.69, 9.17) is 16.3 Å². The van der Waals surface area contributed by atoms with E-state index in [0.29, 0.717) is 6.54 Å². The summed E-state index contributed by atoms with van der Waals surface area (Å²) in [7, 11) is 1.66. The fourth-order valence-corrected chi connectivity index (χ4v) is 2.01. The van der Waals surface area contributed by atoms with E-state index < -0.39 is 5.82 Å². The maximum atomic E-state index is 13.5. The van der Waals surface area contributed by atoms with E-state index in [2.05, 4.69) is 9.97 Å². The van der Waals surface area contributed by atoms with Gasteiger partial charge in [0.1, 0.15) is 0 Å². The predicted octanol–water partition coefficient (Wildman–Crippen LogP) is 1.88. The number of nitrogens with zero attached hydrogens (tertiary/aromatic N) is 3. The Bertz CT molecular complexity index is 377. The Labute approximate surface area is 98.4 Å². The summed E-state index contributed by atoms with van der Waals surface area (Å²) in [6.45, 7) is 1.41. The Morgan fingerprint density at radius 2 is 2.44 bits per heavy atom. The molecule has 1 aromatic heterocycles. The van der Waals surface area contributed by atoms with E-state index >= 15 is 0 Å². The first-order chi connectivity index (χ1) is 7.70. The molecule has 1 fully saturated rings. The van der Waals surface area contributed by atoms with Gasteiger partial charge in [-0.1, -0.05) is 0 Å². The lowest BCUT2D eigenvalue weighted by Crippen LogP contribution is -2.40. The summed E-state index contributed by atoms with van der Waals surface area (Å²) in [5.74, 6) is -0.178. The fraction of sp³-hybridized carbons (Fsp3) is 0.600. The van der Waals surface area contributed by atoms with Gasteiger partial charge >= 0.3 is 0 Å². The molecule has 0 bridgehead atoms. The van der Waals surface area contributed by atoms with Crippen LogP contribution in [0.3, 0.4) is 0 Å². The molecule has 0 N–H and O–H groups in total. The van der Waals surface area contributed by atoms with Crippen LogP contribution in [0.2, 0.25) is 5.28 Å². The van der Waals surface area contributed by atoms with Crippen LogP contribution in [0.4, 0.5) is 10.2 Å². The van der Waals surface area contributed by atoms with Gasteiger partial charge < -0.3 is 9.64 Å². The molecule has 0 aromatic carbocycles. The van der Waals surface area contributed by atoms with Gasteiger partial charge in [0.2, 0.25) is 5.28 Å². The van der Waals surface area contributed by atoms with E-state index in [1.165, 1.54) is 0 Å². The molecule has 88 valence electrons. The van der Waals surface area contributed by atoms with E-state index in [9.17, 15) is 4.39 Å². The number of hydrogen-bond donors (Lipinski definition) is 0. The zero-order valence-electron chi connectivity index (χ0n) is 8.99. The molecule has 1 atom stereocenters. The average Bonchev–Trinajstić information content (AvgIpc) is 2.32. The second-order valence-electron chi connectivity index (χ2n) is 3.76. The summed E-state index contributed by atoms with van der Waals surface area (Å²) in [4.78, 5) is 9.36. The smallest absolute Gasteiger partial charge is 0.224 e. The van der Waals surface area contributed by atoms with E-state index in [-0.39, 0.29) is 17.2 Å². The molecule has 4 nitrogen and oxygen atoms in total. The summed E-state index contributed by atoms with van der Waals surface area (Å²) >= 11 is 5.66. The lowest BCUT2D eigenvalue weighted by molar-refractivity contribution is 0.0889. The van der Waals surface area contributed by atoms with Crippen LogP contribution in [0.1, 0.15) is 12.8 Å². The Morgan fingerprint density at radius 1 is 1.62 bits per heavy atom. The highest BCUT2D eigenvalue weighted by Gasteiger charge is 2.23. The van der Waals surface area contributed by atoms with Gasteiger partial charge in [0.15, 0.2) is 11.6 Å². The number of aromatic nitrogens is 2. The van der Waals surface area contributed by atoms with Crippen LogP contribution in [-0.4, -0.2) is 36.3 Å². The minimum absolute atomic E-state index is 0.0657. The van der Waals surface area contributed by atoms with Gasteiger partial charge in [-0.25, -0.2) is 9.37 Å². The summed E-state index contributed by atoms with van der Waals surface area (Å²) in [6.07, 6.45) is 3.18. The van der Waals surface area contributed by atoms with E-state index in [1.807, 2.05) is 4.90 Å². The molecule has 0 amide bonds.